The molecule has 1 heterocycles. The van der Waals surface area contributed by atoms with E-state index in [1.807, 2.05) is 0 Å². The van der Waals surface area contributed by atoms with E-state index >= 15 is 0 Å². The lowest BCUT2D eigenvalue weighted by Gasteiger charge is -2.31. The Morgan fingerprint density at radius 3 is 2.22 bits per heavy atom. The van der Waals surface area contributed by atoms with Crippen molar-refractivity contribution < 1.29 is 8.22 Å². The Bertz CT molecular complexity index is 267. The zero-order chi connectivity index (χ0) is 12.3. The van der Waals surface area contributed by atoms with Crippen LogP contribution in [0.1, 0.15) is 41.8 Å². The van der Waals surface area contributed by atoms with Crippen molar-refractivity contribution >= 4 is 0 Å². The number of rotatable bonds is 0. The molecule has 1 rings (SSSR count). The van der Waals surface area contributed by atoms with E-state index in [2.05, 4.69) is 0 Å². The molecular formula is C8H17N. The SMILES string of the molecule is [2H]C1([2H])CC([2H])([2H])C([2H])([2H])N1C(C)(C)C. The van der Waals surface area contributed by atoms with Crippen molar-refractivity contribution in [2.24, 2.45) is 0 Å². The highest BCUT2D eigenvalue weighted by molar-refractivity contribution is 4.79. The predicted molar refractivity (Wildman–Crippen MR) is 40.6 cm³/mol. The van der Waals surface area contributed by atoms with Crippen LogP contribution < -0.4 is 0 Å². The van der Waals surface area contributed by atoms with Crippen LogP contribution in [-0.4, -0.2) is 23.4 Å². The Morgan fingerprint density at radius 1 is 1.33 bits per heavy atom. The molecule has 0 bridgehead atoms. The van der Waals surface area contributed by atoms with Crippen molar-refractivity contribution in [3.8, 4) is 0 Å². The van der Waals surface area contributed by atoms with Crippen LogP contribution in [0.5, 0.6) is 0 Å². The van der Waals surface area contributed by atoms with Gasteiger partial charge in [-0.25, -0.2) is 0 Å². The molecule has 0 aromatic heterocycles. The number of likely N-dealkylation sites (tertiary alicyclic amines) is 1. The third kappa shape index (κ3) is 1.68. The number of nitrogens with zero attached hydrogens (tertiary/aromatic N) is 1. The summed E-state index contributed by atoms with van der Waals surface area (Å²) in [5.41, 5.74) is -0.753. The number of hydrogen-bond donors (Lipinski definition) is 0. The van der Waals surface area contributed by atoms with Crippen molar-refractivity contribution in [2.75, 3.05) is 13.0 Å². The van der Waals surface area contributed by atoms with E-state index in [4.69, 9.17) is 8.22 Å². The first-order chi connectivity index (χ1) is 6.32. The predicted octanol–water partition coefficient (Wildman–Crippen LogP) is 1.88. The van der Waals surface area contributed by atoms with E-state index in [1.54, 1.807) is 20.8 Å². The summed E-state index contributed by atoms with van der Waals surface area (Å²) >= 11 is 0. The van der Waals surface area contributed by atoms with Gasteiger partial charge >= 0.3 is 0 Å². The molecule has 0 N–H and O–H groups in total. The summed E-state index contributed by atoms with van der Waals surface area (Å²) in [7, 11) is 0. The van der Waals surface area contributed by atoms with Crippen LogP contribution in [-0.2, 0) is 0 Å². The Balaban J connectivity index is 3.25. The van der Waals surface area contributed by atoms with Gasteiger partial charge in [-0.05, 0) is 46.6 Å². The maximum absolute atomic E-state index is 7.74. The molecule has 0 aliphatic carbocycles. The molecule has 1 heteroatoms. The molecule has 0 spiro atoms. The smallest absolute Gasteiger partial charge is 0.0431 e. The van der Waals surface area contributed by atoms with E-state index in [9.17, 15) is 0 Å². The Hall–Kier alpha value is -0.0400. The van der Waals surface area contributed by atoms with Crippen molar-refractivity contribution in [1.29, 1.82) is 0 Å². The first kappa shape index (κ1) is 2.54. The molecule has 0 amide bonds. The average molecular weight is 133 g/mol. The molecule has 1 nitrogen and oxygen atoms in total. The van der Waals surface area contributed by atoms with Crippen LogP contribution in [0.25, 0.3) is 0 Å². The van der Waals surface area contributed by atoms with Gasteiger partial charge in [-0.15, -0.1) is 0 Å². The quantitative estimate of drug-likeness (QED) is 0.487. The third-order valence-corrected chi connectivity index (χ3v) is 1.19. The molecular weight excluding hydrogens is 110 g/mol. The Kier molecular flexibility index (Phi) is 0.647. The zero-order valence-electron chi connectivity index (χ0n) is 12.2. The number of hydrogen-bond acceptors (Lipinski definition) is 1. The molecule has 1 aliphatic rings. The molecule has 1 fully saturated rings. The van der Waals surface area contributed by atoms with E-state index in [1.165, 1.54) is 0 Å². The van der Waals surface area contributed by atoms with Gasteiger partial charge in [0.15, 0.2) is 0 Å². The topological polar surface area (TPSA) is 3.24 Å². The van der Waals surface area contributed by atoms with E-state index in [-0.39, 0.29) is 0 Å². The lowest BCUT2D eigenvalue weighted by Crippen LogP contribution is -2.38. The summed E-state index contributed by atoms with van der Waals surface area (Å²) in [6.07, 6.45) is -2.60. The minimum Gasteiger partial charge on any atom is -0.298 e. The fourth-order valence-electron chi connectivity index (χ4n) is 0.682. The van der Waals surface area contributed by atoms with Crippen molar-refractivity contribution in [3.63, 3.8) is 0 Å². The van der Waals surface area contributed by atoms with Gasteiger partial charge in [-0.3, -0.25) is 4.90 Å². The lowest BCUT2D eigenvalue weighted by molar-refractivity contribution is 0.175. The maximum atomic E-state index is 7.74. The fourth-order valence-corrected chi connectivity index (χ4v) is 0.682. The average Bonchev–Trinajstić information content (AvgIpc) is 1.87. The molecule has 1 saturated heterocycles. The normalized spacial score (nSPS) is 49.7. The second-order valence-electron chi connectivity index (χ2n) is 3.13. The largest absolute Gasteiger partial charge is 0.298 e. The van der Waals surface area contributed by atoms with Gasteiger partial charge in [0.25, 0.3) is 0 Å². The van der Waals surface area contributed by atoms with Crippen LogP contribution in [0.3, 0.4) is 0 Å². The summed E-state index contributed by atoms with van der Waals surface area (Å²) < 4.78 is 46.0. The van der Waals surface area contributed by atoms with Gasteiger partial charge in [0.1, 0.15) is 0 Å². The monoisotopic (exact) mass is 133 g/mol. The van der Waals surface area contributed by atoms with Gasteiger partial charge in [0.2, 0.25) is 0 Å². The highest BCUT2D eigenvalue weighted by Crippen LogP contribution is 2.19. The lowest BCUT2D eigenvalue weighted by atomic mass is 10.1. The first-order valence-electron chi connectivity index (χ1n) is 6.13. The molecule has 0 aromatic carbocycles. The minimum atomic E-state index is -2.28. The van der Waals surface area contributed by atoms with Crippen molar-refractivity contribution in [2.45, 2.75) is 39.1 Å². The van der Waals surface area contributed by atoms with Crippen LogP contribution in [0.4, 0.5) is 0 Å². The van der Waals surface area contributed by atoms with E-state index in [0.717, 1.165) is 4.90 Å². The van der Waals surface area contributed by atoms with E-state index in [0.29, 0.717) is 0 Å². The second-order valence-corrected chi connectivity index (χ2v) is 3.13. The summed E-state index contributed by atoms with van der Waals surface area (Å²) in [6, 6.07) is 0. The molecule has 0 saturated carbocycles. The second kappa shape index (κ2) is 2.30. The van der Waals surface area contributed by atoms with Gasteiger partial charge in [-0.1, -0.05) is 0 Å². The first-order valence-corrected chi connectivity index (χ1v) is 3.13. The zero-order valence-corrected chi connectivity index (χ0v) is 6.15. The van der Waals surface area contributed by atoms with Gasteiger partial charge in [0, 0.05) is 13.8 Å². The van der Waals surface area contributed by atoms with Crippen LogP contribution in [0, 0.1) is 0 Å². The van der Waals surface area contributed by atoms with Gasteiger partial charge in [0.05, 0.1) is 0 Å². The van der Waals surface area contributed by atoms with Crippen LogP contribution in [0.15, 0.2) is 0 Å². The Labute approximate surface area is 66.5 Å². The van der Waals surface area contributed by atoms with Gasteiger partial charge < -0.3 is 0 Å². The highest BCUT2D eigenvalue weighted by Gasteiger charge is 2.23. The Morgan fingerprint density at radius 2 is 2.00 bits per heavy atom. The van der Waals surface area contributed by atoms with Crippen molar-refractivity contribution in [3.05, 3.63) is 0 Å². The standard InChI is InChI=1S/C8H17N/c1-8(2,3)9-6-4-5-7-9/h4-7H2,1-3H3/i4D2,6D2,7D2. The van der Waals surface area contributed by atoms with Crippen molar-refractivity contribution in [1.82, 2.24) is 4.90 Å². The maximum Gasteiger partial charge on any atom is 0.0431 e. The molecule has 0 atom stereocenters. The molecule has 0 aromatic rings. The molecule has 9 heavy (non-hydrogen) atoms. The summed E-state index contributed by atoms with van der Waals surface area (Å²) in [6.45, 7) is 0.818. The minimum absolute atomic E-state index is 0.440. The van der Waals surface area contributed by atoms with E-state index < -0.39 is 31.3 Å². The summed E-state index contributed by atoms with van der Waals surface area (Å²) in [4.78, 5) is 0.993. The van der Waals surface area contributed by atoms with Crippen LogP contribution >= 0.6 is 0 Å². The summed E-state index contributed by atoms with van der Waals surface area (Å²) in [5, 5.41) is 0. The molecule has 54 valence electrons. The highest BCUT2D eigenvalue weighted by atomic mass is 15.2. The molecule has 0 unspecified atom stereocenters. The third-order valence-electron chi connectivity index (χ3n) is 1.19. The summed E-state index contributed by atoms with van der Waals surface area (Å²) in [5.74, 6) is 0. The van der Waals surface area contributed by atoms with Crippen LogP contribution in [0.2, 0.25) is 0 Å². The van der Waals surface area contributed by atoms with Gasteiger partial charge in [-0.2, -0.15) is 0 Å². The fraction of sp³-hybridized carbons (Fsp3) is 1.00. The molecule has 0 radical (unpaired) electrons. The molecule has 1 aliphatic heterocycles.